The van der Waals surface area contributed by atoms with Gasteiger partial charge in [0.15, 0.2) is 5.11 Å². The maximum Gasteiger partial charge on any atom is 0.170 e. The zero-order chi connectivity index (χ0) is 11.3. The lowest BCUT2D eigenvalue weighted by Crippen LogP contribution is -2.31. The highest BCUT2D eigenvalue weighted by atomic mass is 127. The number of anilines is 1. The number of hydrogen-bond acceptors (Lipinski definition) is 1. The first-order valence-corrected chi connectivity index (χ1v) is 6.37. The normalized spacial score (nSPS) is 10.1. The number of thiocarbonyl (C=S) groups is 1. The molecule has 0 aliphatic heterocycles. The van der Waals surface area contributed by atoms with E-state index in [-0.39, 0.29) is 0 Å². The van der Waals surface area contributed by atoms with Gasteiger partial charge in [-0.15, -0.1) is 0 Å². The van der Waals surface area contributed by atoms with Gasteiger partial charge in [0.25, 0.3) is 0 Å². The van der Waals surface area contributed by atoms with Crippen LogP contribution in [0.5, 0.6) is 0 Å². The van der Waals surface area contributed by atoms with Crippen LogP contribution in [0.1, 0.15) is 13.8 Å². The van der Waals surface area contributed by atoms with Gasteiger partial charge in [-0.25, -0.2) is 0 Å². The SMILES string of the molecule is CC(C)CNC(=S)Nc1ccccc1I. The maximum atomic E-state index is 5.19. The molecule has 82 valence electrons. The molecule has 2 N–H and O–H groups in total. The van der Waals surface area contributed by atoms with E-state index in [1.54, 1.807) is 0 Å². The molecule has 0 bridgehead atoms. The van der Waals surface area contributed by atoms with Crippen LogP contribution in [0.2, 0.25) is 0 Å². The molecule has 15 heavy (non-hydrogen) atoms. The fourth-order valence-electron chi connectivity index (χ4n) is 1.03. The van der Waals surface area contributed by atoms with E-state index >= 15 is 0 Å². The minimum atomic E-state index is 0.597. The van der Waals surface area contributed by atoms with Gasteiger partial charge < -0.3 is 10.6 Å². The van der Waals surface area contributed by atoms with Crippen molar-refractivity contribution in [3.63, 3.8) is 0 Å². The molecule has 0 fully saturated rings. The van der Waals surface area contributed by atoms with Crippen LogP contribution in [0.15, 0.2) is 24.3 Å². The van der Waals surface area contributed by atoms with E-state index in [0.717, 1.165) is 12.2 Å². The molecule has 0 radical (unpaired) electrons. The number of benzene rings is 1. The summed E-state index contributed by atoms with van der Waals surface area (Å²) in [5.74, 6) is 0.597. The Hall–Kier alpha value is -0.360. The maximum absolute atomic E-state index is 5.19. The summed E-state index contributed by atoms with van der Waals surface area (Å²) in [6, 6.07) is 8.08. The molecule has 0 aromatic heterocycles. The molecule has 1 rings (SSSR count). The van der Waals surface area contributed by atoms with E-state index in [1.807, 2.05) is 24.3 Å². The predicted octanol–water partition coefficient (Wildman–Crippen LogP) is 3.23. The third-order valence-corrected chi connectivity index (χ3v) is 2.98. The third-order valence-electron chi connectivity index (χ3n) is 1.79. The Morgan fingerprint density at radius 1 is 1.40 bits per heavy atom. The van der Waals surface area contributed by atoms with Crippen molar-refractivity contribution in [2.24, 2.45) is 5.92 Å². The first-order chi connectivity index (χ1) is 7.09. The molecule has 0 amide bonds. The molecular weight excluding hydrogens is 319 g/mol. The van der Waals surface area contributed by atoms with Crippen molar-refractivity contribution in [3.8, 4) is 0 Å². The Bertz CT molecular complexity index is 339. The summed E-state index contributed by atoms with van der Waals surface area (Å²) in [5, 5.41) is 7.04. The molecule has 0 aliphatic rings. The van der Waals surface area contributed by atoms with Gasteiger partial charge in [0.05, 0.1) is 5.69 Å². The lowest BCUT2D eigenvalue weighted by Gasteiger charge is -2.12. The van der Waals surface area contributed by atoms with Gasteiger partial charge >= 0.3 is 0 Å². The molecule has 0 saturated carbocycles. The Kier molecular flexibility index (Phi) is 5.31. The van der Waals surface area contributed by atoms with E-state index in [1.165, 1.54) is 3.57 Å². The molecule has 0 spiro atoms. The van der Waals surface area contributed by atoms with E-state index in [4.69, 9.17) is 12.2 Å². The van der Waals surface area contributed by atoms with Crippen molar-refractivity contribution in [2.45, 2.75) is 13.8 Å². The molecule has 2 nitrogen and oxygen atoms in total. The van der Waals surface area contributed by atoms with Crippen LogP contribution >= 0.6 is 34.8 Å². The van der Waals surface area contributed by atoms with Crippen LogP contribution in [0.25, 0.3) is 0 Å². The van der Waals surface area contributed by atoms with Gasteiger partial charge in [-0.05, 0) is 52.9 Å². The summed E-state index contributed by atoms with van der Waals surface area (Å²) >= 11 is 7.47. The number of hydrogen-bond donors (Lipinski definition) is 2. The average molecular weight is 334 g/mol. The highest BCUT2D eigenvalue weighted by Gasteiger charge is 2.01. The molecular formula is C11H15IN2S. The molecule has 4 heteroatoms. The molecule has 1 aromatic rings. The minimum absolute atomic E-state index is 0.597. The first kappa shape index (κ1) is 12.7. The number of nitrogens with one attached hydrogen (secondary N) is 2. The van der Waals surface area contributed by atoms with Gasteiger partial charge in [-0.1, -0.05) is 26.0 Å². The third kappa shape index (κ3) is 4.79. The zero-order valence-electron chi connectivity index (χ0n) is 8.88. The van der Waals surface area contributed by atoms with Crippen LogP contribution in [-0.4, -0.2) is 11.7 Å². The van der Waals surface area contributed by atoms with Crippen LogP contribution in [0.4, 0.5) is 5.69 Å². The van der Waals surface area contributed by atoms with Crippen molar-refractivity contribution in [3.05, 3.63) is 27.8 Å². The van der Waals surface area contributed by atoms with Crippen molar-refractivity contribution in [1.82, 2.24) is 5.32 Å². The van der Waals surface area contributed by atoms with Gasteiger partial charge in [0.1, 0.15) is 0 Å². The lowest BCUT2D eigenvalue weighted by molar-refractivity contribution is 0.627. The number of rotatable bonds is 3. The van der Waals surface area contributed by atoms with Crippen LogP contribution in [0, 0.1) is 9.49 Å². The van der Waals surface area contributed by atoms with Crippen LogP contribution in [-0.2, 0) is 0 Å². The largest absolute Gasteiger partial charge is 0.362 e. The fraction of sp³-hybridized carbons (Fsp3) is 0.364. The monoisotopic (exact) mass is 334 g/mol. The highest BCUT2D eigenvalue weighted by Crippen LogP contribution is 2.16. The summed E-state index contributed by atoms with van der Waals surface area (Å²) < 4.78 is 1.17. The van der Waals surface area contributed by atoms with Crippen molar-refractivity contribution < 1.29 is 0 Å². The van der Waals surface area contributed by atoms with Crippen LogP contribution in [0.3, 0.4) is 0 Å². The van der Waals surface area contributed by atoms with Crippen LogP contribution < -0.4 is 10.6 Å². The van der Waals surface area contributed by atoms with Crippen molar-refractivity contribution in [2.75, 3.05) is 11.9 Å². The highest BCUT2D eigenvalue weighted by molar-refractivity contribution is 14.1. The summed E-state index contributed by atoms with van der Waals surface area (Å²) in [5.41, 5.74) is 1.05. The predicted molar refractivity (Wildman–Crippen MR) is 78.2 cm³/mol. The molecule has 0 atom stereocenters. The summed E-state index contributed by atoms with van der Waals surface area (Å²) in [6.45, 7) is 5.21. The van der Waals surface area contributed by atoms with E-state index in [2.05, 4.69) is 47.1 Å². The summed E-state index contributed by atoms with van der Waals surface area (Å²) in [4.78, 5) is 0. The van der Waals surface area contributed by atoms with Gasteiger partial charge in [-0.3, -0.25) is 0 Å². The second kappa shape index (κ2) is 6.27. The molecule has 0 saturated heterocycles. The topological polar surface area (TPSA) is 24.1 Å². The Balaban J connectivity index is 2.48. The standard InChI is InChI=1S/C11H15IN2S/c1-8(2)7-13-11(15)14-10-6-4-3-5-9(10)12/h3-6,8H,7H2,1-2H3,(H2,13,14,15). The Morgan fingerprint density at radius 2 is 2.07 bits per heavy atom. The Morgan fingerprint density at radius 3 is 2.67 bits per heavy atom. The summed E-state index contributed by atoms with van der Waals surface area (Å²) in [7, 11) is 0. The molecule has 0 aliphatic carbocycles. The molecule has 0 heterocycles. The second-order valence-electron chi connectivity index (χ2n) is 3.71. The van der Waals surface area contributed by atoms with Gasteiger partial charge in [-0.2, -0.15) is 0 Å². The quantitative estimate of drug-likeness (QED) is 0.656. The molecule has 0 unspecified atom stereocenters. The zero-order valence-corrected chi connectivity index (χ0v) is 11.9. The second-order valence-corrected chi connectivity index (χ2v) is 5.28. The van der Waals surface area contributed by atoms with Gasteiger partial charge in [0.2, 0.25) is 0 Å². The minimum Gasteiger partial charge on any atom is -0.362 e. The Labute approximate surface area is 110 Å². The lowest BCUT2D eigenvalue weighted by atomic mass is 10.2. The van der Waals surface area contributed by atoms with E-state index in [9.17, 15) is 0 Å². The number of halogens is 1. The fourth-order valence-corrected chi connectivity index (χ4v) is 1.74. The van der Waals surface area contributed by atoms with Crippen molar-refractivity contribution in [1.29, 1.82) is 0 Å². The van der Waals surface area contributed by atoms with Crippen molar-refractivity contribution >= 4 is 45.6 Å². The van der Waals surface area contributed by atoms with E-state index in [0.29, 0.717) is 11.0 Å². The average Bonchev–Trinajstić information content (AvgIpc) is 2.18. The first-order valence-electron chi connectivity index (χ1n) is 4.89. The number of para-hydroxylation sites is 1. The van der Waals surface area contributed by atoms with E-state index < -0.39 is 0 Å². The molecule has 1 aromatic carbocycles. The summed E-state index contributed by atoms with van der Waals surface area (Å²) in [6.07, 6.45) is 0. The van der Waals surface area contributed by atoms with Gasteiger partial charge in [0, 0.05) is 10.1 Å². The smallest absolute Gasteiger partial charge is 0.170 e.